The molecule has 12 heteroatoms. The lowest BCUT2D eigenvalue weighted by Gasteiger charge is -2.39. The fourth-order valence-electron chi connectivity index (χ4n) is 5.40. The van der Waals surface area contributed by atoms with Gasteiger partial charge in [-0.05, 0) is 68.7 Å². The van der Waals surface area contributed by atoms with Crippen molar-refractivity contribution in [2.24, 2.45) is 0 Å². The van der Waals surface area contributed by atoms with E-state index in [1.165, 1.54) is 6.07 Å². The van der Waals surface area contributed by atoms with Crippen molar-refractivity contribution in [2.45, 2.75) is 57.7 Å². The van der Waals surface area contributed by atoms with Gasteiger partial charge in [-0.3, -0.25) is 10.00 Å². The van der Waals surface area contributed by atoms with Crippen molar-refractivity contribution in [2.75, 3.05) is 36.9 Å². The Labute approximate surface area is 218 Å². The number of ether oxygens (including phenoxy) is 1. The van der Waals surface area contributed by atoms with E-state index in [0.29, 0.717) is 17.9 Å². The number of halogens is 4. The summed E-state index contributed by atoms with van der Waals surface area (Å²) in [7, 11) is 0. The van der Waals surface area contributed by atoms with Gasteiger partial charge in [-0.1, -0.05) is 0 Å². The van der Waals surface area contributed by atoms with Crippen molar-refractivity contribution in [3.63, 3.8) is 0 Å². The fourth-order valence-corrected chi connectivity index (χ4v) is 5.40. The van der Waals surface area contributed by atoms with Crippen LogP contribution in [0.1, 0.15) is 54.0 Å². The predicted octanol–water partition coefficient (Wildman–Crippen LogP) is 5.82. The number of aromatic amines is 1. The first kappa shape index (κ1) is 26.4. The van der Waals surface area contributed by atoms with Crippen molar-refractivity contribution < 1.29 is 22.3 Å². The molecule has 3 N–H and O–H groups in total. The maximum absolute atomic E-state index is 15.2. The Morgan fingerprint density at radius 3 is 2.42 bits per heavy atom. The number of aryl methyl sites for hydroxylation is 2. The highest BCUT2D eigenvalue weighted by Crippen LogP contribution is 2.39. The van der Waals surface area contributed by atoms with Gasteiger partial charge in [0, 0.05) is 37.1 Å². The monoisotopic (exact) mass is 533 g/mol. The molecule has 2 aliphatic rings. The van der Waals surface area contributed by atoms with Crippen LogP contribution in [0, 0.1) is 19.7 Å². The summed E-state index contributed by atoms with van der Waals surface area (Å²) in [5.74, 6) is -0.697. The zero-order valence-corrected chi connectivity index (χ0v) is 21.3. The molecule has 0 atom stereocenters. The average Bonchev–Trinajstić information content (AvgIpc) is 3.30. The highest BCUT2D eigenvalue weighted by atomic mass is 19.4. The van der Waals surface area contributed by atoms with Gasteiger partial charge < -0.3 is 15.4 Å². The third kappa shape index (κ3) is 5.91. The van der Waals surface area contributed by atoms with Gasteiger partial charge in [-0.15, -0.1) is 0 Å². The van der Waals surface area contributed by atoms with Crippen LogP contribution in [-0.4, -0.2) is 57.4 Å². The molecule has 38 heavy (non-hydrogen) atoms. The van der Waals surface area contributed by atoms with Crippen LogP contribution in [0.5, 0.6) is 0 Å². The van der Waals surface area contributed by atoms with Gasteiger partial charge in [0.25, 0.3) is 0 Å². The van der Waals surface area contributed by atoms with E-state index in [2.05, 4.69) is 35.7 Å². The summed E-state index contributed by atoms with van der Waals surface area (Å²) in [6, 6.07) is 5.30. The Balaban J connectivity index is 1.31. The smallest absolute Gasteiger partial charge is 0.379 e. The van der Waals surface area contributed by atoms with Crippen molar-refractivity contribution in [3.05, 3.63) is 52.6 Å². The molecule has 1 aromatic carbocycles. The predicted molar refractivity (Wildman–Crippen MR) is 135 cm³/mol. The topological polar surface area (TPSA) is 91.0 Å². The Morgan fingerprint density at radius 1 is 1.03 bits per heavy atom. The average molecular weight is 534 g/mol. The summed E-state index contributed by atoms with van der Waals surface area (Å²) >= 11 is 0. The molecule has 1 saturated carbocycles. The molecule has 1 aliphatic heterocycles. The molecule has 0 amide bonds. The van der Waals surface area contributed by atoms with E-state index in [1.54, 1.807) is 19.1 Å². The Hall–Kier alpha value is -3.25. The summed E-state index contributed by atoms with van der Waals surface area (Å²) in [5.41, 5.74) is 1.61. The van der Waals surface area contributed by atoms with E-state index >= 15 is 4.39 Å². The van der Waals surface area contributed by atoms with Crippen molar-refractivity contribution in [1.29, 1.82) is 0 Å². The van der Waals surface area contributed by atoms with Gasteiger partial charge in [-0.25, -0.2) is 9.37 Å². The normalized spacial score (nSPS) is 20.9. The van der Waals surface area contributed by atoms with Gasteiger partial charge in [-0.2, -0.15) is 23.3 Å². The molecule has 204 valence electrons. The number of morpholine rings is 1. The maximum atomic E-state index is 15.2. The van der Waals surface area contributed by atoms with Crippen LogP contribution in [0.25, 0.3) is 0 Å². The molecule has 0 radical (unpaired) electrons. The lowest BCUT2D eigenvalue weighted by Crippen LogP contribution is -2.44. The molecule has 2 aromatic heterocycles. The minimum atomic E-state index is -4.68. The molecule has 0 unspecified atom stereocenters. The molecule has 1 aliphatic carbocycles. The summed E-state index contributed by atoms with van der Waals surface area (Å²) in [4.78, 5) is 10.3. The molecule has 3 heterocycles. The van der Waals surface area contributed by atoms with E-state index in [-0.39, 0.29) is 23.4 Å². The number of rotatable bonds is 6. The van der Waals surface area contributed by atoms with Crippen LogP contribution >= 0.6 is 0 Å². The number of aromatic nitrogens is 4. The molecule has 2 fully saturated rings. The van der Waals surface area contributed by atoms with Crippen LogP contribution in [-0.2, 0) is 10.9 Å². The maximum Gasteiger partial charge on any atom is 0.421 e. The Morgan fingerprint density at radius 2 is 1.76 bits per heavy atom. The number of hydrogen-bond donors (Lipinski definition) is 3. The van der Waals surface area contributed by atoms with Gasteiger partial charge >= 0.3 is 6.18 Å². The van der Waals surface area contributed by atoms with Gasteiger partial charge in [0.05, 0.1) is 18.9 Å². The second-order valence-electron chi connectivity index (χ2n) is 9.98. The lowest BCUT2D eigenvalue weighted by atomic mass is 9.79. The van der Waals surface area contributed by atoms with E-state index < -0.39 is 23.4 Å². The minimum absolute atomic E-state index is 0.106. The highest BCUT2D eigenvalue weighted by Gasteiger charge is 2.36. The fraction of sp³-hybridized carbons (Fsp3) is 0.500. The summed E-state index contributed by atoms with van der Waals surface area (Å²) < 4.78 is 61.3. The first-order valence-electron chi connectivity index (χ1n) is 12.8. The molecule has 5 rings (SSSR count). The number of nitrogens with one attached hydrogen (secondary N) is 3. The third-order valence-corrected chi connectivity index (χ3v) is 7.35. The number of alkyl halides is 3. The van der Waals surface area contributed by atoms with Gasteiger partial charge in [0.1, 0.15) is 17.2 Å². The third-order valence-electron chi connectivity index (χ3n) is 7.35. The molecule has 0 spiro atoms. The molecular formula is C26H31F4N7O. The van der Waals surface area contributed by atoms with E-state index in [9.17, 15) is 13.2 Å². The Kier molecular flexibility index (Phi) is 7.53. The second-order valence-corrected chi connectivity index (χ2v) is 9.98. The zero-order chi connectivity index (χ0) is 26.9. The van der Waals surface area contributed by atoms with Crippen LogP contribution in [0.2, 0.25) is 0 Å². The van der Waals surface area contributed by atoms with Crippen molar-refractivity contribution >= 4 is 23.3 Å². The summed E-state index contributed by atoms with van der Waals surface area (Å²) in [5, 5.41) is 11.9. The van der Waals surface area contributed by atoms with Crippen molar-refractivity contribution in [3.8, 4) is 0 Å². The number of benzene rings is 1. The van der Waals surface area contributed by atoms with Crippen LogP contribution in [0.4, 0.5) is 40.8 Å². The Bertz CT molecular complexity index is 1260. The number of hydrogen-bond acceptors (Lipinski definition) is 7. The molecular weight excluding hydrogens is 502 g/mol. The first-order valence-corrected chi connectivity index (χ1v) is 12.8. The summed E-state index contributed by atoms with van der Waals surface area (Å²) in [6.45, 7) is 7.14. The molecule has 8 nitrogen and oxygen atoms in total. The number of anilines is 4. The SMILES string of the molecule is Cc1cc(Nc2nc(Nc3cc(C)c([C@H]4CC[C@H](N5CCOCC5)CC4)cc3F)ncc2C(F)(F)F)n[nH]1. The standard InChI is InChI=1S/C26H31F4N7O/c1-15-11-22(21(27)13-19(15)17-3-5-18(6-4-17)37-7-9-38-10-8-37)32-25-31-14-20(26(28,29)30)24(34-25)33-23-12-16(2)35-36-23/h11-14,17-18H,3-10H2,1-2H3,(H3,31,32,33,34,35,36)/t17-,18-. The number of H-pyrrole nitrogens is 1. The molecule has 3 aromatic rings. The largest absolute Gasteiger partial charge is 0.421 e. The van der Waals surface area contributed by atoms with E-state index in [1.807, 2.05) is 6.92 Å². The molecule has 0 bridgehead atoms. The van der Waals surface area contributed by atoms with Crippen LogP contribution < -0.4 is 10.6 Å². The minimum Gasteiger partial charge on any atom is -0.379 e. The quantitative estimate of drug-likeness (QED) is 0.344. The van der Waals surface area contributed by atoms with Crippen LogP contribution in [0.3, 0.4) is 0 Å². The first-order chi connectivity index (χ1) is 18.2. The van der Waals surface area contributed by atoms with E-state index in [0.717, 1.165) is 63.1 Å². The van der Waals surface area contributed by atoms with Crippen LogP contribution in [0.15, 0.2) is 24.4 Å². The lowest BCUT2D eigenvalue weighted by molar-refractivity contribution is -0.137. The van der Waals surface area contributed by atoms with Crippen molar-refractivity contribution in [1.82, 2.24) is 25.1 Å². The number of nitrogens with zero attached hydrogens (tertiary/aromatic N) is 4. The molecule has 1 saturated heterocycles. The van der Waals surface area contributed by atoms with Gasteiger partial charge in [0.2, 0.25) is 5.95 Å². The highest BCUT2D eigenvalue weighted by molar-refractivity contribution is 5.62. The summed E-state index contributed by atoms with van der Waals surface area (Å²) in [6.07, 6.45) is 0.0874. The second kappa shape index (κ2) is 10.9. The van der Waals surface area contributed by atoms with E-state index in [4.69, 9.17) is 4.74 Å². The van der Waals surface area contributed by atoms with Gasteiger partial charge in [0.15, 0.2) is 5.82 Å². The zero-order valence-electron chi connectivity index (χ0n) is 21.3.